The van der Waals surface area contributed by atoms with E-state index in [1.165, 1.54) is 6.07 Å². The van der Waals surface area contributed by atoms with Crippen molar-refractivity contribution in [3.63, 3.8) is 0 Å². The smallest absolute Gasteiger partial charge is 0.379 e. The van der Waals surface area contributed by atoms with Gasteiger partial charge in [0.05, 0.1) is 11.6 Å². The molecule has 0 amide bonds. The lowest BCUT2D eigenvalue weighted by atomic mass is 10.1. The standard InChI is InChI=1S/C11H10Cl2O3/c1-3-16-11(15)10(14)8-5-7(12)4-6(2)9(8)13/h4-5H,3H2,1-2H3. The van der Waals surface area contributed by atoms with Gasteiger partial charge in [0.15, 0.2) is 0 Å². The lowest BCUT2D eigenvalue weighted by Crippen LogP contribution is -2.18. The molecule has 0 unspecified atom stereocenters. The fourth-order valence-corrected chi connectivity index (χ4v) is 1.67. The van der Waals surface area contributed by atoms with Crippen LogP contribution in [0.4, 0.5) is 0 Å². The Balaban J connectivity index is 3.13. The maximum Gasteiger partial charge on any atom is 0.379 e. The maximum atomic E-state index is 11.6. The van der Waals surface area contributed by atoms with Crippen LogP contribution in [0.5, 0.6) is 0 Å². The highest BCUT2D eigenvalue weighted by molar-refractivity contribution is 6.46. The van der Waals surface area contributed by atoms with Crippen molar-refractivity contribution < 1.29 is 14.3 Å². The second-order valence-corrected chi connectivity index (χ2v) is 3.95. The molecule has 0 bridgehead atoms. The number of carbonyl (C=O) groups is 2. The Morgan fingerprint density at radius 3 is 2.50 bits per heavy atom. The minimum Gasteiger partial charge on any atom is -0.460 e. The van der Waals surface area contributed by atoms with Crippen molar-refractivity contribution in [1.82, 2.24) is 0 Å². The summed E-state index contributed by atoms with van der Waals surface area (Å²) in [4.78, 5) is 22.9. The maximum absolute atomic E-state index is 11.6. The van der Waals surface area contributed by atoms with Gasteiger partial charge in [-0.2, -0.15) is 0 Å². The van der Waals surface area contributed by atoms with Crippen molar-refractivity contribution in [1.29, 1.82) is 0 Å². The van der Waals surface area contributed by atoms with Crippen molar-refractivity contribution in [2.24, 2.45) is 0 Å². The topological polar surface area (TPSA) is 43.4 Å². The van der Waals surface area contributed by atoms with Crippen LogP contribution < -0.4 is 0 Å². The van der Waals surface area contributed by atoms with Gasteiger partial charge in [0.25, 0.3) is 5.78 Å². The van der Waals surface area contributed by atoms with Crippen LogP contribution in [-0.4, -0.2) is 18.4 Å². The van der Waals surface area contributed by atoms with E-state index < -0.39 is 11.8 Å². The fraction of sp³-hybridized carbons (Fsp3) is 0.273. The molecule has 86 valence electrons. The molecule has 0 saturated heterocycles. The number of Topliss-reactive ketones (excluding diaryl/α,β-unsaturated/α-hetero) is 1. The summed E-state index contributed by atoms with van der Waals surface area (Å²) in [6.07, 6.45) is 0. The van der Waals surface area contributed by atoms with Gasteiger partial charge in [-0.1, -0.05) is 23.2 Å². The van der Waals surface area contributed by atoms with Gasteiger partial charge in [0, 0.05) is 10.6 Å². The quantitative estimate of drug-likeness (QED) is 0.477. The molecule has 0 N–H and O–H groups in total. The number of esters is 1. The SMILES string of the molecule is CCOC(=O)C(=O)c1cc(Cl)cc(C)c1Cl. The first-order chi connectivity index (χ1) is 7.47. The van der Waals surface area contributed by atoms with Crippen molar-refractivity contribution in [3.05, 3.63) is 33.3 Å². The van der Waals surface area contributed by atoms with Crippen LogP contribution in [0, 0.1) is 6.92 Å². The molecule has 0 aliphatic rings. The average molecular weight is 261 g/mol. The van der Waals surface area contributed by atoms with E-state index in [0.717, 1.165) is 0 Å². The number of halogens is 2. The van der Waals surface area contributed by atoms with Gasteiger partial charge >= 0.3 is 5.97 Å². The van der Waals surface area contributed by atoms with Crippen LogP contribution in [0.3, 0.4) is 0 Å². The second-order valence-electron chi connectivity index (χ2n) is 3.13. The Hall–Kier alpha value is -1.06. The summed E-state index contributed by atoms with van der Waals surface area (Å²) in [7, 11) is 0. The van der Waals surface area contributed by atoms with Crippen molar-refractivity contribution in [2.45, 2.75) is 13.8 Å². The van der Waals surface area contributed by atoms with Crippen LogP contribution in [0.25, 0.3) is 0 Å². The van der Waals surface area contributed by atoms with Crippen LogP contribution in [-0.2, 0) is 9.53 Å². The summed E-state index contributed by atoms with van der Waals surface area (Å²) in [6, 6.07) is 2.97. The highest BCUT2D eigenvalue weighted by Gasteiger charge is 2.21. The lowest BCUT2D eigenvalue weighted by molar-refractivity contribution is -0.137. The van der Waals surface area contributed by atoms with Crippen LogP contribution in [0.1, 0.15) is 22.8 Å². The van der Waals surface area contributed by atoms with E-state index in [1.807, 2.05) is 0 Å². The van der Waals surface area contributed by atoms with Crippen molar-refractivity contribution in [3.8, 4) is 0 Å². The predicted octanol–water partition coefficient (Wildman–Crippen LogP) is 3.05. The Bertz CT molecular complexity index is 441. The van der Waals surface area contributed by atoms with Crippen LogP contribution in [0.15, 0.2) is 12.1 Å². The third-order valence-corrected chi connectivity index (χ3v) is 2.64. The number of ether oxygens (including phenoxy) is 1. The first-order valence-electron chi connectivity index (χ1n) is 4.64. The van der Waals surface area contributed by atoms with Gasteiger partial charge in [-0.15, -0.1) is 0 Å². The van der Waals surface area contributed by atoms with Gasteiger partial charge in [-0.3, -0.25) is 4.79 Å². The number of aryl methyl sites for hydroxylation is 1. The summed E-state index contributed by atoms with van der Waals surface area (Å²) < 4.78 is 4.60. The molecule has 0 aromatic heterocycles. The Morgan fingerprint density at radius 2 is 1.94 bits per heavy atom. The summed E-state index contributed by atoms with van der Waals surface area (Å²) in [6.45, 7) is 3.47. The molecule has 0 spiro atoms. The van der Waals surface area contributed by atoms with Gasteiger partial charge in [-0.05, 0) is 31.5 Å². The van der Waals surface area contributed by atoms with Gasteiger partial charge in [0.1, 0.15) is 0 Å². The molecule has 0 saturated carbocycles. The molecule has 0 fully saturated rings. The Kier molecular flexibility index (Phi) is 4.33. The zero-order valence-electron chi connectivity index (χ0n) is 8.84. The second kappa shape index (κ2) is 5.32. The summed E-state index contributed by atoms with van der Waals surface area (Å²) in [5.74, 6) is -1.71. The van der Waals surface area contributed by atoms with E-state index in [2.05, 4.69) is 4.74 Å². The largest absolute Gasteiger partial charge is 0.460 e. The number of hydrogen-bond donors (Lipinski definition) is 0. The normalized spacial score (nSPS) is 10.0. The molecular weight excluding hydrogens is 251 g/mol. The predicted molar refractivity (Wildman–Crippen MR) is 62.2 cm³/mol. The molecule has 1 aromatic rings. The molecule has 1 aromatic carbocycles. The van der Waals surface area contributed by atoms with E-state index in [-0.39, 0.29) is 17.2 Å². The van der Waals surface area contributed by atoms with Crippen LogP contribution in [0.2, 0.25) is 10.0 Å². The molecule has 0 heterocycles. The molecule has 5 heteroatoms. The highest BCUT2D eigenvalue weighted by atomic mass is 35.5. The van der Waals surface area contributed by atoms with E-state index in [1.54, 1.807) is 19.9 Å². The fourth-order valence-electron chi connectivity index (χ4n) is 1.20. The number of ketones is 1. The summed E-state index contributed by atoms with van der Waals surface area (Å²) >= 11 is 11.7. The minimum absolute atomic E-state index is 0.0742. The minimum atomic E-state index is -0.925. The van der Waals surface area contributed by atoms with E-state index in [9.17, 15) is 9.59 Å². The summed E-state index contributed by atoms with van der Waals surface area (Å²) in [5.41, 5.74) is 0.715. The first-order valence-corrected chi connectivity index (χ1v) is 5.40. The van der Waals surface area contributed by atoms with E-state index in [0.29, 0.717) is 10.6 Å². The molecule has 3 nitrogen and oxygen atoms in total. The molecule has 0 aliphatic heterocycles. The number of carbonyl (C=O) groups excluding carboxylic acids is 2. The van der Waals surface area contributed by atoms with Crippen molar-refractivity contribution in [2.75, 3.05) is 6.61 Å². The third kappa shape index (κ3) is 2.74. The monoisotopic (exact) mass is 260 g/mol. The van der Waals surface area contributed by atoms with Gasteiger partial charge in [0.2, 0.25) is 0 Å². The van der Waals surface area contributed by atoms with Gasteiger partial charge < -0.3 is 4.74 Å². The van der Waals surface area contributed by atoms with Crippen molar-refractivity contribution >= 4 is 35.0 Å². The molecule has 0 radical (unpaired) electrons. The molecule has 16 heavy (non-hydrogen) atoms. The highest BCUT2D eigenvalue weighted by Crippen LogP contribution is 2.25. The van der Waals surface area contributed by atoms with Gasteiger partial charge in [-0.25, -0.2) is 4.79 Å². The molecular formula is C11H10Cl2O3. The first kappa shape index (κ1) is 13.0. The Morgan fingerprint density at radius 1 is 1.31 bits per heavy atom. The Labute approximate surface area is 103 Å². The lowest BCUT2D eigenvalue weighted by Gasteiger charge is -2.06. The van der Waals surface area contributed by atoms with E-state index >= 15 is 0 Å². The summed E-state index contributed by atoms with van der Waals surface area (Å²) in [5, 5.41) is 0.581. The number of hydrogen-bond acceptors (Lipinski definition) is 3. The zero-order valence-corrected chi connectivity index (χ0v) is 10.4. The zero-order chi connectivity index (χ0) is 12.3. The average Bonchev–Trinajstić information content (AvgIpc) is 2.22. The molecule has 0 aliphatic carbocycles. The van der Waals surface area contributed by atoms with Crippen LogP contribution >= 0.6 is 23.2 Å². The third-order valence-electron chi connectivity index (χ3n) is 1.92. The van der Waals surface area contributed by atoms with E-state index in [4.69, 9.17) is 23.2 Å². The number of rotatable bonds is 3. The number of benzene rings is 1. The molecule has 1 rings (SSSR count). The molecule has 0 atom stereocenters.